The Bertz CT molecular complexity index is 602. The average molecular weight is 382 g/mol. The van der Waals surface area contributed by atoms with Crippen LogP contribution in [-0.2, 0) is 42.7 Å². The largest absolute Gasteiger partial charge is 0.373 e. The van der Waals surface area contributed by atoms with Crippen LogP contribution in [0, 0.1) is 0 Å². The van der Waals surface area contributed by atoms with E-state index in [4.69, 9.17) is 28.4 Å². The number of fused-ring (bicyclic) bond motifs is 3. The minimum absolute atomic E-state index is 0.0568. The third kappa shape index (κ3) is 4.33. The number of hydrogen-bond donors (Lipinski definition) is 0. The van der Waals surface area contributed by atoms with Crippen LogP contribution in [-0.4, -0.2) is 76.8 Å². The lowest BCUT2D eigenvalue weighted by Crippen LogP contribution is -2.60. The van der Waals surface area contributed by atoms with Gasteiger partial charge in [0, 0.05) is 0 Å². The maximum absolute atomic E-state index is 11.0. The highest BCUT2D eigenvalue weighted by Crippen LogP contribution is 2.47. The van der Waals surface area contributed by atoms with Crippen molar-refractivity contribution < 1.29 is 41.0 Å². The summed E-state index contributed by atoms with van der Waals surface area (Å²) < 4.78 is 61.9. The van der Waals surface area contributed by atoms with Gasteiger partial charge in [0.1, 0.15) is 24.9 Å². The van der Waals surface area contributed by atoms with Gasteiger partial charge in [0.15, 0.2) is 11.6 Å². The average Bonchev–Trinajstić information content (AvgIpc) is 2.89. The lowest BCUT2D eigenvalue weighted by atomic mass is 9.97. The summed E-state index contributed by atoms with van der Waals surface area (Å²) in [7, 11) is -3.50. The minimum atomic E-state index is -3.50. The second-order valence-electron chi connectivity index (χ2n) is 7.38. The molecule has 0 aliphatic carbocycles. The van der Waals surface area contributed by atoms with E-state index in [1.54, 1.807) is 13.8 Å². The molecule has 0 spiro atoms. The molecule has 0 aromatic rings. The van der Waals surface area contributed by atoms with Crippen LogP contribution < -0.4 is 0 Å². The molecule has 3 fully saturated rings. The topological polar surface area (TPSA) is 98.8 Å². The molecule has 0 aromatic carbocycles. The minimum Gasteiger partial charge on any atom is -0.373 e. The predicted octanol–water partition coefficient (Wildman–Crippen LogP) is 0.377. The lowest BCUT2D eigenvalue weighted by Gasteiger charge is -2.40. The zero-order valence-electron chi connectivity index (χ0n) is 15.1. The standard InChI is InChI=1S/C15H26O9S/c1-13(2)21-10-8-19-15(9-18-6-7-20-25(5,16)17)12(11(10)22-13)23-14(3,4)24-15/h10-12H,6-9H2,1-5H3. The normalized spacial score (nSPS) is 39.2. The van der Waals surface area contributed by atoms with Crippen LogP contribution in [0.2, 0.25) is 0 Å². The first-order chi connectivity index (χ1) is 11.4. The zero-order valence-corrected chi connectivity index (χ0v) is 16.0. The fourth-order valence-electron chi connectivity index (χ4n) is 3.41. The van der Waals surface area contributed by atoms with Gasteiger partial charge in [-0.25, -0.2) is 0 Å². The van der Waals surface area contributed by atoms with Crippen molar-refractivity contribution in [2.75, 3.05) is 32.7 Å². The molecule has 3 heterocycles. The van der Waals surface area contributed by atoms with Crippen molar-refractivity contribution >= 4 is 10.1 Å². The van der Waals surface area contributed by atoms with Gasteiger partial charge in [-0.05, 0) is 27.7 Å². The van der Waals surface area contributed by atoms with E-state index in [-0.39, 0.29) is 38.6 Å². The molecule has 25 heavy (non-hydrogen) atoms. The van der Waals surface area contributed by atoms with Gasteiger partial charge in [-0.15, -0.1) is 0 Å². The molecule has 4 unspecified atom stereocenters. The van der Waals surface area contributed by atoms with E-state index in [9.17, 15) is 8.42 Å². The Morgan fingerprint density at radius 3 is 2.44 bits per heavy atom. The van der Waals surface area contributed by atoms with Crippen molar-refractivity contribution in [3.63, 3.8) is 0 Å². The molecule has 0 saturated carbocycles. The number of hydrogen-bond acceptors (Lipinski definition) is 9. The van der Waals surface area contributed by atoms with Crippen LogP contribution in [0.3, 0.4) is 0 Å². The summed E-state index contributed by atoms with van der Waals surface area (Å²) in [4.78, 5) is 0. The summed E-state index contributed by atoms with van der Waals surface area (Å²) in [5, 5.41) is 0. The number of rotatable bonds is 6. The van der Waals surface area contributed by atoms with Gasteiger partial charge in [-0.3, -0.25) is 4.18 Å². The van der Waals surface area contributed by atoms with Gasteiger partial charge >= 0.3 is 0 Å². The van der Waals surface area contributed by atoms with Crippen molar-refractivity contribution in [2.45, 2.75) is 63.4 Å². The molecule has 0 bridgehead atoms. The Labute approximate surface area is 147 Å². The highest BCUT2D eigenvalue weighted by Gasteiger charge is 2.65. The first-order valence-electron chi connectivity index (χ1n) is 8.21. The van der Waals surface area contributed by atoms with Crippen LogP contribution in [0.15, 0.2) is 0 Å². The van der Waals surface area contributed by atoms with Crippen LogP contribution in [0.5, 0.6) is 0 Å². The molecule has 0 N–H and O–H groups in total. The Morgan fingerprint density at radius 2 is 1.76 bits per heavy atom. The molecular formula is C15H26O9S. The summed E-state index contributed by atoms with van der Waals surface area (Å²) in [5.74, 6) is -2.74. The van der Waals surface area contributed by atoms with Gasteiger partial charge in [-0.2, -0.15) is 8.42 Å². The second kappa shape index (κ2) is 6.38. The molecule has 3 aliphatic heterocycles. The maximum atomic E-state index is 11.0. The molecule has 146 valence electrons. The van der Waals surface area contributed by atoms with Crippen LogP contribution in [0.1, 0.15) is 27.7 Å². The Kier molecular flexibility index (Phi) is 4.96. The molecule has 0 amide bonds. The Hall–Kier alpha value is -0.330. The van der Waals surface area contributed by atoms with E-state index in [1.165, 1.54) is 0 Å². The summed E-state index contributed by atoms with van der Waals surface area (Å²) in [6.45, 7) is 7.60. The van der Waals surface area contributed by atoms with Crippen molar-refractivity contribution in [1.29, 1.82) is 0 Å². The van der Waals surface area contributed by atoms with E-state index in [1.807, 2.05) is 13.8 Å². The van der Waals surface area contributed by atoms with Crippen molar-refractivity contribution in [3.05, 3.63) is 0 Å². The smallest absolute Gasteiger partial charge is 0.264 e. The third-order valence-electron chi connectivity index (χ3n) is 4.10. The quantitative estimate of drug-likeness (QED) is 0.477. The van der Waals surface area contributed by atoms with Crippen molar-refractivity contribution in [1.82, 2.24) is 0 Å². The predicted molar refractivity (Wildman–Crippen MR) is 84.2 cm³/mol. The molecule has 0 radical (unpaired) electrons. The summed E-state index contributed by atoms with van der Waals surface area (Å²) in [6.07, 6.45) is -0.138. The lowest BCUT2D eigenvalue weighted by molar-refractivity contribution is -0.299. The summed E-state index contributed by atoms with van der Waals surface area (Å²) in [6, 6.07) is 0. The molecule has 10 heteroatoms. The van der Waals surface area contributed by atoms with E-state index in [0.29, 0.717) is 0 Å². The molecule has 0 aromatic heterocycles. The Balaban J connectivity index is 1.65. The van der Waals surface area contributed by atoms with Crippen molar-refractivity contribution in [3.8, 4) is 0 Å². The van der Waals surface area contributed by atoms with E-state index < -0.39 is 33.6 Å². The maximum Gasteiger partial charge on any atom is 0.264 e. The highest BCUT2D eigenvalue weighted by molar-refractivity contribution is 7.85. The molecule has 9 nitrogen and oxygen atoms in total. The summed E-state index contributed by atoms with van der Waals surface area (Å²) >= 11 is 0. The monoisotopic (exact) mass is 382 g/mol. The van der Waals surface area contributed by atoms with E-state index in [2.05, 4.69) is 4.18 Å². The Morgan fingerprint density at radius 1 is 1.04 bits per heavy atom. The molecule has 3 saturated heterocycles. The fraction of sp³-hybridized carbons (Fsp3) is 1.00. The first kappa shape index (κ1) is 19.4. The van der Waals surface area contributed by atoms with Crippen LogP contribution in [0.25, 0.3) is 0 Å². The van der Waals surface area contributed by atoms with Crippen LogP contribution >= 0.6 is 0 Å². The summed E-state index contributed by atoms with van der Waals surface area (Å²) in [5.41, 5.74) is 0. The van der Waals surface area contributed by atoms with E-state index >= 15 is 0 Å². The van der Waals surface area contributed by atoms with Gasteiger partial charge in [0.05, 0.1) is 26.1 Å². The number of ether oxygens (including phenoxy) is 6. The van der Waals surface area contributed by atoms with Crippen LogP contribution in [0.4, 0.5) is 0 Å². The van der Waals surface area contributed by atoms with Gasteiger partial charge < -0.3 is 28.4 Å². The van der Waals surface area contributed by atoms with Gasteiger partial charge in [0.25, 0.3) is 10.1 Å². The highest BCUT2D eigenvalue weighted by atomic mass is 32.2. The molecular weight excluding hydrogens is 356 g/mol. The molecule has 4 atom stereocenters. The zero-order chi connectivity index (χ0) is 18.5. The molecule has 3 aliphatic rings. The molecule has 3 rings (SSSR count). The van der Waals surface area contributed by atoms with Gasteiger partial charge in [0.2, 0.25) is 5.79 Å². The van der Waals surface area contributed by atoms with Crippen molar-refractivity contribution in [2.24, 2.45) is 0 Å². The SMILES string of the molecule is CC1(C)OC2COC3(COCCOS(C)(=O)=O)OC(C)(C)OC3C2O1. The fourth-order valence-corrected chi connectivity index (χ4v) is 3.78. The third-order valence-corrected chi connectivity index (χ3v) is 4.70. The van der Waals surface area contributed by atoms with E-state index in [0.717, 1.165) is 6.26 Å². The first-order valence-corrected chi connectivity index (χ1v) is 10.0. The second-order valence-corrected chi connectivity index (χ2v) is 9.02. The van der Waals surface area contributed by atoms with Gasteiger partial charge in [-0.1, -0.05) is 0 Å².